The number of urea groups is 1. The second kappa shape index (κ2) is 9.13. The number of nitrogens with one attached hydrogen (secondary N) is 3. The maximum Gasteiger partial charge on any atom is 0.322 e. The number of aromatic amines is 1. The molecule has 6 nitrogen and oxygen atoms in total. The van der Waals surface area contributed by atoms with Crippen molar-refractivity contribution in [2.45, 2.75) is 26.3 Å². The zero-order valence-electron chi connectivity index (χ0n) is 17.4. The number of pyridine rings is 1. The van der Waals surface area contributed by atoms with E-state index in [1.807, 2.05) is 55.5 Å². The summed E-state index contributed by atoms with van der Waals surface area (Å²) in [5.74, 6) is 0. The van der Waals surface area contributed by atoms with E-state index < -0.39 is 0 Å². The molecule has 0 atom stereocenters. The number of hydrogen-bond acceptors (Lipinski definition) is 2. The second-order valence-electron chi connectivity index (χ2n) is 8.14. The maximum atomic E-state index is 13.0. The van der Waals surface area contributed by atoms with Crippen LogP contribution < -0.4 is 15.8 Å². The molecule has 30 heavy (non-hydrogen) atoms. The highest BCUT2D eigenvalue weighted by Crippen LogP contribution is 2.15. The fourth-order valence-corrected chi connectivity index (χ4v) is 4.09. The van der Waals surface area contributed by atoms with E-state index in [4.69, 9.17) is 0 Å². The Hall–Kier alpha value is -3.12. The molecule has 0 saturated carbocycles. The number of H-pyrrole nitrogens is 1. The van der Waals surface area contributed by atoms with E-state index in [1.54, 1.807) is 4.90 Å². The highest BCUT2D eigenvalue weighted by atomic mass is 16.2. The summed E-state index contributed by atoms with van der Waals surface area (Å²) in [6, 6.07) is 17.1. The Kier molecular flexibility index (Phi) is 6.14. The van der Waals surface area contributed by atoms with Gasteiger partial charge in [0.1, 0.15) is 0 Å². The first-order valence-electron chi connectivity index (χ1n) is 10.7. The Morgan fingerprint density at radius 1 is 1.10 bits per heavy atom. The number of rotatable bonds is 6. The zero-order chi connectivity index (χ0) is 20.9. The van der Waals surface area contributed by atoms with Gasteiger partial charge >= 0.3 is 6.03 Å². The van der Waals surface area contributed by atoms with E-state index in [9.17, 15) is 9.59 Å². The highest BCUT2D eigenvalue weighted by Gasteiger charge is 2.21. The Balaban J connectivity index is 1.56. The summed E-state index contributed by atoms with van der Waals surface area (Å²) in [5.41, 5.74) is 3.17. The molecule has 0 bridgehead atoms. The average molecular weight is 406 g/mol. The zero-order valence-corrected chi connectivity index (χ0v) is 17.4. The lowest BCUT2D eigenvalue weighted by Crippen LogP contribution is -3.10. The number of fused-ring (bicyclic) bond motifs is 1. The number of para-hydroxylation sites is 1. The van der Waals surface area contributed by atoms with Gasteiger partial charge in [-0.3, -0.25) is 4.79 Å². The van der Waals surface area contributed by atoms with Gasteiger partial charge in [0.2, 0.25) is 0 Å². The number of aromatic nitrogens is 1. The lowest BCUT2D eigenvalue weighted by molar-refractivity contribution is -0.886. The topological polar surface area (TPSA) is 69.6 Å². The number of likely N-dealkylation sites (tertiary alicyclic amines) is 1. The molecule has 1 aromatic heterocycles. The molecule has 1 aliphatic heterocycles. The predicted molar refractivity (Wildman–Crippen MR) is 120 cm³/mol. The molecule has 2 heterocycles. The van der Waals surface area contributed by atoms with E-state index in [-0.39, 0.29) is 18.1 Å². The summed E-state index contributed by atoms with van der Waals surface area (Å²) in [4.78, 5) is 32.0. The molecule has 4 rings (SSSR count). The first kappa shape index (κ1) is 20.2. The minimum atomic E-state index is -0.177. The number of carbonyl (C=O) groups excluding carboxylic acids is 1. The molecule has 3 N–H and O–H groups in total. The average Bonchev–Trinajstić information content (AvgIpc) is 3.26. The number of aryl methyl sites for hydroxylation is 1. The Bertz CT molecular complexity index is 1070. The van der Waals surface area contributed by atoms with Crippen molar-refractivity contribution in [1.29, 1.82) is 0 Å². The van der Waals surface area contributed by atoms with Gasteiger partial charge in [-0.25, -0.2) is 4.79 Å². The molecule has 2 amide bonds. The Morgan fingerprint density at radius 2 is 1.87 bits per heavy atom. The highest BCUT2D eigenvalue weighted by molar-refractivity contribution is 5.89. The summed E-state index contributed by atoms with van der Waals surface area (Å²) < 4.78 is 0. The summed E-state index contributed by atoms with van der Waals surface area (Å²) in [7, 11) is 0. The van der Waals surface area contributed by atoms with Crippen molar-refractivity contribution in [1.82, 2.24) is 9.88 Å². The Labute approximate surface area is 176 Å². The molecule has 0 spiro atoms. The standard InChI is InChI=1S/C24H28N4O2/c1-18-9-10-22-19(15-18)16-20(23(29)26-22)17-28(14-13-27-11-5-6-12-27)24(30)25-21-7-3-2-4-8-21/h2-4,7-10,15-16H,5-6,11-14,17H2,1H3,(H,25,30)(H,26,29)/p+1. The van der Waals surface area contributed by atoms with Crippen LogP contribution >= 0.6 is 0 Å². The number of anilines is 1. The lowest BCUT2D eigenvalue weighted by Gasteiger charge is -2.24. The summed E-state index contributed by atoms with van der Waals surface area (Å²) in [5, 5.41) is 3.95. The van der Waals surface area contributed by atoms with Gasteiger partial charge in [0.15, 0.2) is 0 Å². The van der Waals surface area contributed by atoms with Crippen LogP contribution in [-0.4, -0.2) is 42.1 Å². The predicted octanol–water partition coefficient (Wildman–Crippen LogP) is 2.55. The summed E-state index contributed by atoms with van der Waals surface area (Å²) >= 11 is 0. The third-order valence-corrected chi connectivity index (χ3v) is 5.80. The third kappa shape index (κ3) is 4.89. The molecule has 0 radical (unpaired) electrons. The monoisotopic (exact) mass is 405 g/mol. The smallest absolute Gasteiger partial charge is 0.322 e. The normalized spacial score (nSPS) is 14.2. The van der Waals surface area contributed by atoms with Crippen molar-refractivity contribution in [3.8, 4) is 0 Å². The van der Waals surface area contributed by atoms with Gasteiger partial charge in [0, 0.05) is 29.6 Å². The molecule has 1 fully saturated rings. The van der Waals surface area contributed by atoms with E-state index in [1.165, 1.54) is 17.7 Å². The van der Waals surface area contributed by atoms with Crippen LogP contribution in [0.3, 0.4) is 0 Å². The van der Waals surface area contributed by atoms with Crippen LogP contribution in [0.5, 0.6) is 0 Å². The molecular weight excluding hydrogens is 376 g/mol. The third-order valence-electron chi connectivity index (χ3n) is 5.80. The van der Waals surface area contributed by atoms with Crippen LogP contribution in [0.4, 0.5) is 10.5 Å². The first-order chi connectivity index (χ1) is 14.6. The molecule has 1 aliphatic rings. The van der Waals surface area contributed by atoms with E-state index in [0.29, 0.717) is 12.1 Å². The van der Waals surface area contributed by atoms with Gasteiger partial charge in [-0.2, -0.15) is 0 Å². The SMILES string of the molecule is Cc1ccc2[nH]c(=O)c(CN(CC[NH+]3CCCC3)C(=O)Nc3ccccc3)cc2c1. The number of hydrogen-bond donors (Lipinski definition) is 3. The van der Waals surface area contributed by atoms with Crippen molar-refractivity contribution in [3.05, 3.63) is 76.1 Å². The quantitative estimate of drug-likeness (QED) is 0.590. The fraction of sp³-hybridized carbons (Fsp3) is 0.333. The van der Waals surface area contributed by atoms with Gasteiger partial charge in [-0.1, -0.05) is 29.8 Å². The molecule has 1 saturated heterocycles. The van der Waals surface area contributed by atoms with Gasteiger partial charge < -0.3 is 20.1 Å². The largest absolute Gasteiger partial charge is 0.333 e. The minimum Gasteiger partial charge on any atom is -0.333 e. The van der Waals surface area contributed by atoms with E-state index >= 15 is 0 Å². The van der Waals surface area contributed by atoms with Crippen LogP contribution in [0.15, 0.2) is 59.4 Å². The van der Waals surface area contributed by atoms with Crippen molar-refractivity contribution < 1.29 is 9.69 Å². The van der Waals surface area contributed by atoms with E-state index in [0.717, 1.165) is 41.8 Å². The first-order valence-corrected chi connectivity index (χ1v) is 10.7. The van der Waals surface area contributed by atoms with Crippen LogP contribution in [0.25, 0.3) is 10.9 Å². The van der Waals surface area contributed by atoms with Crippen molar-refractivity contribution >= 4 is 22.6 Å². The second-order valence-corrected chi connectivity index (χ2v) is 8.14. The van der Waals surface area contributed by atoms with Crippen LogP contribution in [0.1, 0.15) is 24.0 Å². The van der Waals surface area contributed by atoms with Gasteiger partial charge in [0.25, 0.3) is 5.56 Å². The van der Waals surface area contributed by atoms with Gasteiger partial charge in [-0.05, 0) is 42.6 Å². The summed E-state index contributed by atoms with van der Waals surface area (Å²) in [6.45, 7) is 6.13. The van der Waals surface area contributed by atoms with Crippen LogP contribution in [-0.2, 0) is 6.54 Å². The number of benzene rings is 2. The van der Waals surface area contributed by atoms with Crippen LogP contribution in [0.2, 0.25) is 0 Å². The van der Waals surface area contributed by atoms with Crippen molar-refractivity contribution in [2.24, 2.45) is 0 Å². The van der Waals surface area contributed by atoms with Crippen molar-refractivity contribution in [2.75, 3.05) is 31.5 Å². The Morgan fingerprint density at radius 3 is 2.63 bits per heavy atom. The number of nitrogens with zero attached hydrogens (tertiary/aromatic N) is 1. The molecular formula is C24H29N4O2+. The maximum absolute atomic E-state index is 13.0. The molecule has 3 aromatic rings. The number of quaternary nitrogens is 1. The van der Waals surface area contributed by atoms with Crippen LogP contribution in [0, 0.1) is 6.92 Å². The number of carbonyl (C=O) groups is 1. The lowest BCUT2D eigenvalue weighted by atomic mass is 10.1. The fourth-order valence-electron chi connectivity index (χ4n) is 4.09. The number of amides is 2. The molecule has 156 valence electrons. The van der Waals surface area contributed by atoms with Gasteiger partial charge in [-0.15, -0.1) is 0 Å². The van der Waals surface area contributed by atoms with Crippen molar-refractivity contribution in [3.63, 3.8) is 0 Å². The molecule has 2 aromatic carbocycles. The summed E-state index contributed by atoms with van der Waals surface area (Å²) in [6.07, 6.45) is 2.49. The molecule has 0 aliphatic carbocycles. The minimum absolute atomic E-state index is 0.141. The molecule has 6 heteroatoms. The molecule has 0 unspecified atom stereocenters. The van der Waals surface area contributed by atoms with E-state index in [2.05, 4.69) is 16.4 Å². The van der Waals surface area contributed by atoms with Gasteiger partial charge in [0.05, 0.1) is 32.7 Å².